The number of amides is 1. The Balaban J connectivity index is 2.04. The molecule has 0 atom stereocenters. The quantitative estimate of drug-likeness (QED) is 0.614. The van der Waals surface area contributed by atoms with Gasteiger partial charge in [0.1, 0.15) is 5.82 Å². The van der Waals surface area contributed by atoms with Gasteiger partial charge in [-0.15, -0.1) is 0 Å². The molecule has 0 radical (unpaired) electrons. The third-order valence-electron chi connectivity index (χ3n) is 3.71. The molecule has 0 aliphatic rings. The summed E-state index contributed by atoms with van der Waals surface area (Å²) < 4.78 is 55.3. The molecule has 3 rings (SSSR count). The van der Waals surface area contributed by atoms with Crippen molar-refractivity contribution in [2.24, 2.45) is 0 Å². The average Bonchev–Trinajstić information content (AvgIpc) is 3.03. The maximum Gasteiger partial charge on any atom is 0.434 e. The highest BCUT2D eigenvalue weighted by Gasteiger charge is 2.40. The molecule has 0 bridgehead atoms. The van der Waals surface area contributed by atoms with Crippen LogP contribution in [0.5, 0.6) is 0 Å². The zero-order chi connectivity index (χ0) is 19.8. The summed E-state index contributed by atoms with van der Waals surface area (Å²) in [5.41, 5.74) is -1.60. The molecule has 1 aromatic heterocycles. The van der Waals surface area contributed by atoms with Gasteiger partial charge < -0.3 is 5.32 Å². The van der Waals surface area contributed by atoms with E-state index in [2.05, 4.69) is 10.4 Å². The van der Waals surface area contributed by atoms with Crippen LogP contribution in [0.1, 0.15) is 21.6 Å². The highest BCUT2D eigenvalue weighted by Crippen LogP contribution is 2.34. The second-order valence-electron chi connectivity index (χ2n) is 5.73. The first-order valence-electron chi connectivity index (χ1n) is 7.65. The van der Waals surface area contributed by atoms with Crippen LogP contribution in [0.2, 0.25) is 5.02 Å². The third kappa shape index (κ3) is 3.95. The Kier molecular flexibility index (Phi) is 4.93. The number of anilines is 1. The van der Waals surface area contributed by atoms with Crippen LogP contribution in [0.4, 0.5) is 23.2 Å². The lowest BCUT2D eigenvalue weighted by Crippen LogP contribution is -2.21. The molecule has 0 aliphatic carbocycles. The molecular formula is C18H12ClF4N3O. The lowest BCUT2D eigenvalue weighted by atomic mass is 10.2. The van der Waals surface area contributed by atoms with Crippen LogP contribution in [-0.4, -0.2) is 15.7 Å². The summed E-state index contributed by atoms with van der Waals surface area (Å²) in [6, 6.07) is 9.57. The van der Waals surface area contributed by atoms with Gasteiger partial charge in [0.15, 0.2) is 5.69 Å². The van der Waals surface area contributed by atoms with Crippen molar-refractivity contribution < 1.29 is 22.4 Å². The number of alkyl halides is 3. The number of aromatic nitrogens is 2. The van der Waals surface area contributed by atoms with E-state index >= 15 is 0 Å². The number of aryl methyl sites for hydroxylation is 1. The predicted octanol–water partition coefficient (Wildman–Crippen LogP) is 5.24. The van der Waals surface area contributed by atoms with Gasteiger partial charge in [-0.25, -0.2) is 9.07 Å². The zero-order valence-electron chi connectivity index (χ0n) is 13.8. The number of rotatable bonds is 3. The van der Waals surface area contributed by atoms with Gasteiger partial charge in [-0.1, -0.05) is 23.7 Å². The van der Waals surface area contributed by atoms with E-state index < -0.39 is 29.2 Å². The molecule has 0 unspecified atom stereocenters. The molecule has 2 aromatic carbocycles. The fourth-order valence-electron chi connectivity index (χ4n) is 2.50. The van der Waals surface area contributed by atoms with E-state index in [-0.39, 0.29) is 16.4 Å². The maximum atomic E-state index is 13.9. The first-order chi connectivity index (χ1) is 12.7. The second-order valence-corrected chi connectivity index (χ2v) is 6.17. The van der Waals surface area contributed by atoms with Crippen LogP contribution in [0.3, 0.4) is 0 Å². The Morgan fingerprint density at radius 3 is 2.56 bits per heavy atom. The molecule has 9 heteroatoms. The summed E-state index contributed by atoms with van der Waals surface area (Å²) in [7, 11) is 0. The van der Waals surface area contributed by atoms with Crippen molar-refractivity contribution >= 4 is 23.2 Å². The number of halogens is 5. The predicted molar refractivity (Wildman–Crippen MR) is 92.7 cm³/mol. The van der Waals surface area contributed by atoms with Gasteiger partial charge in [0.25, 0.3) is 5.91 Å². The van der Waals surface area contributed by atoms with Crippen molar-refractivity contribution in [3.8, 4) is 5.69 Å². The standard InChI is InChI=1S/C18H12ClF4N3O/c1-10-5-6-15(14(20)7-10)25-17(27)13-9-24-26(16(13)18(21,22)23)12-4-2-3-11(19)8-12/h2-9H,1H3,(H,25,27). The Hall–Kier alpha value is -2.87. The smallest absolute Gasteiger partial charge is 0.319 e. The molecule has 0 fully saturated rings. The molecule has 1 N–H and O–H groups in total. The first-order valence-corrected chi connectivity index (χ1v) is 8.03. The minimum atomic E-state index is -4.88. The van der Waals surface area contributed by atoms with Gasteiger partial charge in [0, 0.05) is 5.02 Å². The first kappa shape index (κ1) is 18.9. The molecule has 1 heterocycles. The highest BCUT2D eigenvalue weighted by molar-refractivity contribution is 6.30. The number of carbonyl (C=O) groups is 1. The summed E-state index contributed by atoms with van der Waals surface area (Å²) >= 11 is 5.82. The van der Waals surface area contributed by atoms with Gasteiger partial charge in [-0.3, -0.25) is 4.79 Å². The Morgan fingerprint density at radius 1 is 1.19 bits per heavy atom. The molecule has 27 heavy (non-hydrogen) atoms. The van der Waals surface area contributed by atoms with Gasteiger partial charge in [-0.05, 0) is 42.8 Å². The average molecular weight is 398 g/mol. The molecule has 0 aliphatic heterocycles. The van der Waals surface area contributed by atoms with Crippen LogP contribution in [0.15, 0.2) is 48.7 Å². The fourth-order valence-corrected chi connectivity index (χ4v) is 2.69. The maximum absolute atomic E-state index is 13.9. The minimum absolute atomic E-state index is 0.0374. The number of carbonyl (C=O) groups excluding carboxylic acids is 1. The number of hydrogen-bond donors (Lipinski definition) is 1. The highest BCUT2D eigenvalue weighted by atomic mass is 35.5. The van der Waals surface area contributed by atoms with Crippen molar-refractivity contribution in [3.63, 3.8) is 0 Å². The third-order valence-corrected chi connectivity index (χ3v) is 3.94. The summed E-state index contributed by atoms with van der Waals surface area (Å²) in [6.45, 7) is 1.64. The molecule has 3 aromatic rings. The molecule has 140 valence electrons. The topological polar surface area (TPSA) is 46.9 Å². The van der Waals surface area contributed by atoms with E-state index in [9.17, 15) is 22.4 Å². The van der Waals surface area contributed by atoms with Crippen molar-refractivity contribution in [1.29, 1.82) is 0 Å². The van der Waals surface area contributed by atoms with Crippen LogP contribution >= 0.6 is 11.6 Å². The minimum Gasteiger partial charge on any atom is -0.319 e. The summed E-state index contributed by atoms with van der Waals surface area (Å²) in [5.74, 6) is -1.88. The molecule has 0 saturated carbocycles. The normalized spacial score (nSPS) is 11.5. The van der Waals surface area contributed by atoms with Crippen molar-refractivity contribution in [3.05, 3.63) is 76.3 Å². The molecule has 1 amide bonds. The summed E-state index contributed by atoms with van der Waals surface area (Å²) in [5, 5.41) is 6.04. The number of benzene rings is 2. The molecule has 0 saturated heterocycles. The SMILES string of the molecule is Cc1ccc(NC(=O)c2cnn(-c3cccc(Cl)c3)c2C(F)(F)F)c(F)c1. The Morgan fingerprint density at radius 2 is 1.93 bits per heavy atom. The second kappa shape index (κ2) is 7.03. The van der Waals surface area contributed by atoms with Gasteiger partial charge in [0.2, 0.25) is 0 Å². The van der Waals surface area contributed by atoms with Gasteiger partial charge in [0.05, 0.1) is 23.1 Å². The van der Waals surface area contributed by atoms with Crippen LogP contribution in [0.25, 0.3) is 5.69 Å². The molecule has 4 nitrogen and oxygen atoms in total. The van der Waals surface area contributed by atoms with Gasteiger partial charge in [-0.2, -0.15) is 18.3 Å². The van der Waals surface area contributed by atoms with Crippen molar-refractivity contribution in [1.82, 2.24) is 9.78 Å². The summed E-state index contributed by atoms with van der Waals surface area (Å²) in [4.78, 5) is 12.4. The number of nitrogens with zero attached hydrogens (tertiary/aromatic N) is 2. The van der Waals surface area contributed by atoms with E-state index in [1.165, 1.54) is 36.4 Å². The van der Waals surface area contributed by atoms with Crippen LogP contribution in [-0.2, 0) is 6.18 Å². The van der Waals surface area contributed by atoms with Crippen molar-refractivity contribution in [2.45, 2.75) is 13.1 Å². The van der Waals surface area contributed by atoms with Gasteiger partial charge >= 0.3 is 6.18 Å². The fraction of sp³-hybridized carbons (Fsp3) is 0.111. The lowest BCUT2D eigenvalue weighted by Gasteiger charge is -2.13. The Bertz CT molecular complexity index is 1010. The number of nitrogens with one attached hydrogen (secondary N) is 1. The molecular weight excluding hydrogens is 386 g/mol. The summed E-state index contributed by atoms with van der Waals surface area (Å²) in [6.07, 6.45) is -4.09. The van der Waals surface area contributed by atoms with E-state index in [1.54, 1.807) is 6.92 Å². The van der Waals surface area contributed by atoms with Crippen LogP contribution in [0, 0.1) is 12.7 Å². The lowest BCUT2D eigenvalue weighted by molar-refractivity contribution is -0.143. The van der Waals surface area contributed by atoms with E-state index in [1.807, 2.05) is 0 Å². The van der Waals surface area contributed by atoms with E-state index in [4.69, 9.17) is 11.6 Å². The van der Waals surface area contributed by atoms with Crippen LogP contribution < -0.4 is 5.32 Å². The largest absolute Gasteiger partial charge is 0.434 e. The monoisotopic (exact) mass is 397 g/mol. The van der Waals surface area contributed by atoms with E-state index in [0.29, 0.717) is 10.2 Å². The van der Waals surface area contributed by atoms with Crippen molar-refractivity contribution in [2.75, 3.05) is 5.32 Å². The van der Waals surface area contributed by atoms with E-state index in [0.717, 1.165) is 12.3 Å². The number of hydrogen-bond acceptors (Lipinski definition) is 2. The molecule has 0 spiro atoms. The zero-order valence-corrected chi connectivity index (χ0v) is 14.6. The Labute approximate surface area is 156 Å².